The lowest BCUT2D eigenvalue weighted by molar-refractivity contribution is -0.116. The van der Waals surface area contributed by atoms with Gasteiger partial charge in [0, 0.05) is 36.2 Å². The van der Waals surface area contributed by atoms with Crippen LogP contribution in [0.5, 0.6) is 0 Å². The third-order valence-corrected chi connectivity index (χ3v) is 7.39. The molecule has 1 saturated heterocycles. The number of benzene rings is 2. The van der Waals surface area contributed by atoms with E-state index in [4.69, 9.17) is 23.8 Å². The van der Waals surface area contributed by atoms with Crippen molar-refractivity contribution in [3.8, 4) is 5.69 Å². The molecule has 2 atom stereocenters. The number of hydrogen-bond acceptors (Lipinski definition) is 3. The number of carbonyl (C=O) groups is 1. The fraction of sp³-hybridized carbons (Fsp3) is 0.207. The largest absolute Gasteiger partial charge is 0.352 e. The number of thiocarbonyl (C=S) groups is 1. The van der Waals surface area contributed by atoms with Gasteiger partial charge in [-0.3, -0.25) is 9.78 Å². The molecule has 1 aliphatic rings. The SMILES string of the molecule is Cc1cc(C2C(c3ccccn3)NC(=S)N2CCC(=O)Nc2ccccc2)c(C)n1-c1ccccc1Cl. The fourth-order valence-electron chi connectivity index (χ4n) is 5.04. The summed E-state index contributed by atoms with van der Waals surface area (Å²) in [6.07, 6.45) is 2.09. The monoisotopic (exact) mass is 529 g/mol. The van der Waals surface area contributed by atoms with E-state index in [1.807, 2.05) is 72.8 Å². The van der Waals surface area contributed by atoms with Gasteiger partial charge in [-0.2, -0.15) is 0 Å². The van der Waals surface area contributed by atoms with Crippen molar-refractivity contribution in [3.63, 3.8) is 0 Å². The first-order chi connectivity index (χ1) is 17.9. The van der Waals surface area contributed by atoms with E-state index >= 15 is 0 Å². The number of hydrogen-bond donors (Lipinski definition) is 2. The van der Waals surface area contributed by atoms with E-state index in [9.17, 15) is 4.79 Å². The Bertz CT molecular complexity index is 1420. The topological polar surface area (TPSA) is 62.2 Å². The number of nitrogens with zero attached hydrogens (tertiary/aromatic N) is 3. The van der Waals surface area contributed by atoms with Crippen molar-refractivity contribution in [2.24, 2.45) is 0 Å². The molecular weight excluding hydrogens is 502 g/mol. The molecule has 37 heavy (non-hydrogen) atoms. The normalized spacial score (nSPS) is 17.1. The number of anilines is 1. The van der Waals surface area contributed by atoms with Crippen molar-refractivity contribution in [3.05, 3.63) is 113 Å². The maximum Gasteiger partial charge on any atom is 0.226 e. The summed E-state index contributed by atoms with van der Waals surface area (Å²) >= 11 is 12.4. The molecule has 1 fully saturated rings. The second-order valence-corrected chi connectivity index (χ2v) is 9.89. The molecule has 0 radical (unpaired) electrons. The van der Waals surface area contributed by atoms with Gasteiger partial charge < -0.3 is 20.1 Å². The molecule has 2 aromatic heterocycles. The van der Waals surface area contributed by atoms with Gasteiger partial charge in [-0.15, -0.1) is 0 Å². The van der Waals surface area contributed by atoms with E-state index < -0.39 is 0 Å². The maximum absolute atomic E-state index is 12.8. The molecule has 4 aromatic rings. The first-order valence-corrected chi connectivity index (χ1v) is 13.0. The molecular formula is C29H28ClN5OS. The van der Waals surface area contributed by atoms with Crippen molar-refractivity contribution >= 4 is 40.5 Å². The molecule has 3 heterocycles. The highest BCUT2D eigenvalue weighted by atomic mass is 35.5. The van der Waals surface area contributed by atoms with Gasteiger partial charge in [0.2, 0.25) is 5.91 Å². The van der Waals surface area contributed by atoms with Crippen molar-refractivity contribution in [1.29, 1.82) is 0 Å². The summed E-state index contributed by atoms with van der Waals surface area (Å²) in [6.45, 7) is 4.64. The molecule has 0 saturated carbocycles. The summed E-state index contributed by atoms with van der Waals surface area (Å²) in [5.74, 6) is -0.0597. The van der Waals surface area contributed by atoms with Crippen LogP contribution >= 0.6 is 23.8 Å². The van der Waals surface area contributed by atoms with Gasteiger partial charge in [-0.05, 0) is 74.1 Å². The van der Waals surface area contributed by atoms with Crippen LogP contribution in [0, 0.1) is 13.8 Å². The van der Waals surface area contributed by atoms with Crippen molar-refractivity contribution in [1.82, 2.24) is 19.8 Å². The number of rotatable bonds is 7. The number of amides is 1. The maximum atomic E-state index is 12.8. The Morgan fingerprint density at radius 3 is 2.51 bits per heavy atom. The Morgan fingerprint density at radius 1 is 1.05 bits per heavy atom. The second-order valence-electron chi connectivity index (χ2n) is 9.10. The van der Waals surface area contributed by atoms with Gasteiger partial charge in [0.1, 0.15) is 0 Å². The van der Waals surface area contributed by atoms with Crippen LogP contribution < -0.4 is 10.6 Å². The molecule has 2 aromatic carbocycles. The highest BCUT2D eigenvalue weighted by Gasteiger charge is 2.41. The lowest BCUT2D eigenvalue weighted by atomic mass is 9.96. The van der Waals surface area contributed by atoms with Crippen LogP contribution in [0.1, 0.15) is 41.1 Å². The number of halogens is 1. The third-order valence-electron chi connectivity index (χ3n) is 6.72. The minimum atomic E-state index is -0.161. The van der Waals surface area contributed by atoms with Gasteiger partial charge in [-0.25, -0.2) is 0 Å². The number of nitrogens with one attached hydrogen (secondary N) is 2. The minimum absolute atomic E-state index is 0.0597. The predicted molar refractivity (Wildman–Crippen MR) is 152 cm³/mol. The Balaban J connectivity index is 1.49. The molecule has 8 heteroatoms. The molecule has 0 aliphatic carbocycles. The van der Waals surface area contributed by atoms with Crippen LogP contribution in [0.4, 0.5) is 5.69 Å². The van der Waals surface area contributed by atoms with E-state index in [1.165, 1.54) is 0 Å². The van der Waals surface area contributed by atoms with Crippen LogP contribution in [0.25, 0.3) is 5.69 Å². The van der Waals surface area contributed by atoms with E-state index in [-0.39, 0.29) is 18.0 Å². The van der Waals surface area contributed by atoms with Crippen LogP contribution in [0.3, 0.4) is 0 Å². The molecule has 1 amide bonds. The Morgan fingerprint density at radius 2 is 1.78 bits per heavy atom. The average Bonchev–Trinajstić information content (AvgIpc) is 3.38. The summed E-state index contributed by atoms with van der Waals surface area (Å²) in [4.78, 5) is 19.5. The quantitative estimate of drug-likeness (QED) is 0.281. The average molecular weight is 530 g/mol. The number of carbonyl (C=O) groups excluding carboxylic acids is 1. The highest BCUT2D eigenvalue weighted by molar-refractivity contribution is 7.80. The highest BCUT2D eigenvalue weighted by Crippen LogP contribution is 2.41. The van der Waals surface area contributed by atoms with Crippen LogP contribution in [0.2, 0.25) is 5.02 Å². The van der Waals surface area contributed by atoms with Gasteiger partial charge >= 0.3 is 0 Å². The van der Waals surface area contributed by atoms with Gasteiger partial charge in [0.05, 0.1) is 28.5 Å². The van der Waals surface area contributed by atoms with Crippen molar-refractivity contribution < 1.29 is 4.79 Å². The van der Waals surface area contributed by atoms with E-state index in [0.29, 0.717) is 23.1 Å². The standard InChI is InChI=1S/C29H28ClN5OS/c1-19-18-22(20(2)35(19)25-14-7-6-12-23(25)30)28-27(24-13-8-9-16-31-24)33-29(37)34(28)17-15-26(36)32-21-10-4-3-5-11-21/h3-14,16,18,27-28H,15,17H2,1-2H3,(H,32,36)(H,33,37). The smallest absolute Gasteiger partial charge is 0.226 e. The summed E-state index contributed by atoms with van der Waals surface area (Å²) in [7, 11) is 0. The van der Waals surface area contributed by atoms with Crippen molar-refractivity contribution in [2.75, 3.05) is 11.9 Å². The van der Waals surface area contributed by atoms with Crippen LogP contribution in [0.15, 0.2) is 85.1 Å². The van der Waals surface area contributed by atoms with E-state index in [0.717, 1.165) is 34.0 Å². The Hall–Kier alpha value is -3.68. The third kappa shape index (κ3) is 5.10. The van der Waals surface area contributed by atoms with Gasteiger partial charge in [0.25, 0.3) is 0 Å². The lowest BCUT2D eigenvalue weighted by Crippen LogP contribution is -2.32. The minimum Gasteiger partial charge on any atom is -0.352 e. The van der Waals surface area contributed by atoms with Crippen LogP contribution in [-0.4, -0.2) is 32.0 Å². The molecule has 2 N–H and O–H groups in total. The molecule has 5 rings (SSSR count). The molecule has 2 unspecified atom stereocenters. The molecule has 6 nitrogen and oxygen atoms in total. The summed E-state index contributed by atoms with van der Waals surface area (Å²) in [6, 6.07) is 25.1. The van der Waals surface area contributed by atoms with Gasteiger partial charge in [0.15, 0.2) is 5.11 Å². The molecule has 0 bridgehead atoms. The first-order valence-electron chi connectivity index (χ1n) is 12.2. The zero-order valence-corrected chi connectivity index (χ0v) is 22.3. The molecule has 1 aliphatic heterocycles. The Labute approximate surface area is 227 Å². The predicted octanol–water partition coefficient (Wildman–Crippen LogP) is 6.14. The summed E-state index contributed by atoms with van der Waals surface area (Å²) in [5.41, 5.74) is 5.86. The van der Waals surface area contributed by atoms with E-state index in [1.54, 1.807) is 6.20 Å². The zero-order valence-electron chi connectivity index (χ0n) is 20.7. The number of aromatic nitrogens is 2. The number of aryl methyl sites for hydroxylation is 1. The van der Waals surface area contributed by atoms with Crippen LogP contribution in [-0.2, 0) is 4.79 Å². The second kappa shape index (κ2) is 10.7. The fourth-order valence-corrected chi connectivity index (χ4v) is 5.59. The molecule has 188 valence electrons. The van der Waals surface area contributed by atoms with Crippen molar-refractivity contribution in [2.45, 2.75) is 32.4 Å². The number of pyridine rings is 1. The lowest BCUT2D eigenvalue weighted by Gasteiger charge is -2.28. The summed E-state index contributed by atoms with van der Waals surface area (Å²) in [5, 5.41) is 7.74. The van der Waals surface area contributed by atoms with Gasteiger partial charge in [-0.1, -0.05) is 48.0 Å². The summed E-state index contributed by atoms with van der Waals surface area (Å²) < 4.78 is 2.18. The number of para-hydroxylation sites is 2. The zero-order chi connectivity index (χ0) is 25.9. The molecule has 0 spiro atoms. The van der Waals surface area contributed by atoms with E-state index in [2.05, 4.69) is 45.0 Å². The Kier molecular flexibility index (Phi) is 7.26. The first kappa shape index (κ1) is 25.0.